The van der Waals surface area contributed by atoms with Crippen LogP contribution in [0.3, 0.4) is 0 Å². The normalized spacial score (nSPS) is 14.2. The first-order chi connectivity index (χ1) is 14.1. The van der Waals surface area contributed by atoms with Crippen LogP contribution in [0, 0.1) is 0 Å². The monoisotopic (exact) mass is 430 g/mol. The second kappa shape index (κ2) is 12.4. The second-order valence-electron chi connectivity index (χ2n) is 7.64. The molecule has 1 saturated heterocycles. The fourth-order valence-corrected chi connectivity index (χ4v) is 3.76. The van der Waals surface area contributed by atoms with Gasteiger partial charge in [0.1, 0.15) is 0 Å². The van der Waals surface area contributed by atoms with Crippen LogP contribution in [-0.2, 0) is 11.2 Å². The summed E-state index contributed by atoms with van der Waals surface area (Å²) in [4.78, 5) is 27.5. The van der Waals surface area contributed by atoms with Gasteiger partial charge in [0.15, 0.2) is 5.78 Å². The van der Waals surface area contributed by atoms with Crippen LogP contribution >= 0.6 is 12.4 Å². The topological polar surface area (TPSA) is 60.9 Å². The highest BCUT2D eigenvalue weighted by molar-refractivity contribution is 5.97. The molecule has 0 atom stereocenters. The predicted octanol–water partition coefficient (Wildman–Crippen LogP) is 4.30. The van der Waals surface area contributed by atoms with Crippen molar-refractivity contribution in [1.82, 2.24) is 4.90 Å². The molecule has 0 unspecified atom stereocenters. The molecule has 2 aromatic rings. The molecule has 0 aromatic heterocycles. The van der Waals surface area contributed by atoms with Gasteiger partial charge in [-0.05, 0) is 43.5 Å². The number of carboxylic acids is 1. The van der Waals surface area contributed by atoms with E-state index < -0.39 is 5.97 Å². The summed E-state index contributed by atoms with van der Waals surface area (Å²) in [7, 11) is 0. The van der Waals surface area contributed by atoms with E-state index in [0.29, 0.717) is 5.56 Å². The minimum absolute atomic E-state index is 0. The standard InChI is InChI=1S/C24H30N2O3.ClH/c27-23(13-14-24(28)29)21-11-9-20(10-12-21)6-4-5-15-25-16-18-26(19-17-25)22-7-2-1-3-8-22;/h1-3,7-12H,4-6,13-19H2,(H,28,29);1H. The molecule has 1 aliphatic heterocycles. The molecule has 6 heteroatoms. The van der Waals surface area contributed by atoms with Crippen LogP contribution in [0.2, 0.25) is 0 Å². The number of carbonyl (C=O) groups is 2. The largest absolute Gasteiger partial charge is 0.481 e. The Labute approximate surface area is 185 Å². The van der Waals surface area contributed by atoms with Gasteiger partial charge in [-0.15, -0.1) is 12.4 Å². The summed E-state index contributed by atoms with van der Waals surface area (Å²) in [5.74, 6) is -1.04. The number of hydrogen-bond acceptors (Lipinski definition) is 4. The van der Waals surface area contributed by atoms with Crippen molar-refractivity contribution in [2.24, 2.45) is 0 Å². The van der Waals surface area contributed by atoms with Crippen molar-refractivity contribution in [3.05, 3.63) is 65.7 Å². The Hall–Kier alpha value is -2.37. The maximum atomic E-state index is 11.9. The molecule has 0 spiro atoms. The zero-order valence-electron chi connectivity index (χ0n) is 17.3. The number of nitrogens with zero attached hydrogens (tertiary/aromatic N) is 2. The van der Waals surface area contributed by atoms with Gasteiger partial charge in [-0.1, -0.05) is 42.5 Å². The lowest BCUT2D eigenvalue weighted by Crippen LogP contribution is -2.46. The molecule has 5 nitrogen and oxygen atoms in total. The fourth-order valence-electron chi connectivity index (χ4n) is 3.76. The Balaban J connectivity index is 0.00000320. The molecule has 0 saturated carbocycles. The number of anilines is 1. The minimum Gasteiger partial charge on any atom is -0.481 e. The molecule has 0 radical (unpaired) electrons. The number of Topliss-reactive ketones (excluding diaryl/α,β-unsaturated/α-hetero) is 1. The van der Waals surface area contributed by atoms with Crippen LogP contribution in [0.25, 0.3) is 0 Å². The third kappa shape index (κ3) is 7.47. The zero-order valence-corrected chi connectivity index (χ0v) is 18.2. The number of ketones is 1. The summed E-state index contributed by atoms with van der Waals surface area (Å²) in [6, 6.07) is 18.2. The lowest BCUT2D eigenvalue weighted by Gasteiger charge is -2.36. The fraction of sp³-hybridized carbons (Fsp3) is 0.417. The highest BCUT2D eigenvalue weighted by atomic mass is 35.5. The molecule has 0 bridgehead atoms. The van der Waals surface area contributed by atoms with Crippen molar-refractivity contribution in [2.45, 2.75) is 32.1 Å². The van der Waals surface area contributed by atoms with Gasteiger partial charge in [-0.2, -0.15) is 0 Å². The Kier molecular flexibility index (Phi) is 9.84. The second-order valence-corrected chi connectivity index (χ2v) is 7.64. The van der Waals surface area contributed by atoms with E-state index in [1.165, 1.54) is 17.7 Å². The van der Waals surface area contributed by atoms with E-state index in [9.17, 15) is 9.59 Å². The lowest BCUT2D eigenvalue weighted by atomic mass is 10.0. The predicted molar refractivity (Wildman–Crippen MR) is 123 cm³/mol. The van der Waals surface area contributed by atoms with Crippen LogP contribution < -0.4 is 4.90 Å². The number of unbranched alkanes of at least 4 members (excludes halogenated alkanes) is 1. The van der Waals surface area contributed by atoms with Gasteiger partial charge < -0.3 is 10.0 Å². The van der Waals surface area contributed by atoms with Crippen LogP contribution in [0.4, 0.5) is 5.69 Å². The highest BCUT2D eigenvalue weighted by Crippen LogP contribution is 2.16. The molecule has 1 N–H and O–H groups in total. The van der Waals surface area contributed by atoms with E-state index in [1.807, 2.05) is 24.3 Å². The first-order valence-corrected chi connectivity index (χ1v) is 10.5. The lowest BCUT2D eigenvalue weighted by molar-refractivity contribution is -0.136. The molecule has 1 aliphatic rings. The molecule has 162 valence electrons. The average molecular weight is 431 g/mol. The summed E-state index contributed by atoms with van der Waals surface area (Å²) in [6.07, 6.45) is 3.26. The first-order valence-electron chi connectivity index (χ1n) is 10.5. The van der Waals surface area contributed by atoms with Gasteiger partial charge >= 0.3 is 5.97 Å². The summed E-state index contributed by atoms with van der Waals surface area (Å²) in [5, 5.41) is 8.68. The van der Waals surface area contributed by atoms with E-state index >= 15 is 0 Å². The minimum atomic E-state index is -0.934. The average Bonchev–Trinajstić information content (AvgIpc) is 2.76. The van der Waals surface area contributed by atoms with Gasteiger partial charge in [-0.25, -0.2) is 0 Å². The number of carbonyl (C=O) groups excluding carboxylic acids is 1. The zero-order chi connectivity index (χ0) is 20.5. The maximum absolute atomic E-state index is 11.9. The molecule has 3 rings (SSSR count). The molecule has 0 aliphatic carbocycles. The van der Waals surface area contributed by atoms with Gasteiger partial charge in [0.05, 0.1) is 6.42 Å². The molecule has 1 fully saturated rings. The van der Waals surface area contributed by atoms with E-state index in [-0.39, 0.29) is 31.0 Å². The van der Waals surface area contributed by atoms with Gasteiger partial charge in [0.2, 0.25) is 0 Å². The van der Waals surface area contributed by atoms with Gasteiger partial charge in [-0.3, -0.25) is 14.5 Å². The van der Waals surface area contributed by atoms with Gasteiger partial charge in [0.25, 0.3) is 0 Å². The first kappa shape index (κ1) is 23.9. The Morgan fingerprint density at radius 2 is 1.50 bits per heavy atom. The number of piperazine rings is 1. The molecule has 2 aromatic carbocycles. The third-order valence-corrected chi connectivity index (χ3v) is 5.53. The van der Waals surface area contributed by atoms with Crippen molar-refractivity contribution in [2.75, 3.05) is 37.6 Å². The van der Waals surface area contributed by atoms with Crippen molar-refractivity contribution in [3.8, 4) is 0 Å². The van der Waals surface area contributed by atoms with Crippen LogP contribution in [0.15, 0.2) is 54.6 Å². The summed E-state index contributed by atoms with van der Waals surface area (Å²) in [6.45, 7) is 5.53. The number of para-hydroxylation sites is 1. The number of rotatable bonds is 10. The molecule has 0 amide bonds. The van der Waals surface area contributed by atoms with E-state index in [2.05, 4.69) is 40.1 Å². The highest BCUT2D eigenvalue weighted by Gasteiger charge is 2.16. The van der Waals surface area contributed by atoms with E-state index in [1.54, 1.807) is 0 Å². The number of aryl methyl sites for hydroxylation is 1. The van der Waals surface area contributed by atoms with E-state index in [4.69, 9.17) is 5.11 Å². The number of halogens is 1. The Morgan fingerprint density at radius 3 is 2.13 bits per heavy atom. The van der Waals surface area contributed by atoms with Gasteiger partial charge in [0, 0.05) is 43.9 Å². The van der Waals surface area contributed by atoms with Crippen molar-refractivity contribution < 1.29 is 14.7 Å². The quantitative estimate of drug-likeness (QED) is 0.449. The van der Waals surface area contributed by atoms with Crippen molar-refractivity contribution in [3.63, 3.8) is 0 Å². The van der Waals surface area contributed by atoms with Crippen LogP contribution in [0.1, 0.15) is 41.6 Å². The van der Waals surface area contributed by atoms with Crippen molar-refractivity contribution in [1.29, 1.82) is 0 Å². The third-order valence-electron chi connectivity index (χ3n) is 5.53. The molecule has 1 heterocycles. The Morgan fingerprint density at radius 1 is 0.833 bits per heavy atom. The summed E-state index contributed by atoms with van der Waals surface area (Å²) in [5.41, 5.74) is 3.15. The van der Waals surface area contributed by atoms with E-state index in [0.717, 1.165) is 45.6 Å². The SMILES string of the molecule is Cl.O=C(O)CCC(=O)c1ccc(CCCCN2CCN(c3ccccc3)CC2)cc1. The Bertz CT molecular complexity index is 788. The summed E-state index contributed by atoms with van der Waals surface area (Å²) >= 11 is 0. The molecule has 30 heavy (non-hydrogen) atoms. The summed E-state index contributed by atoms with van der Waals surface area (Å²) < 4.78 is 0. The number of carboxylic acid groups (broad SMARTS) is 1. The number of benzene rings is 2. The van der Waals surface area contributed by atoms with Crippen LogP contribution in [0.5, 0.6) is 0 Å². The number of aliphatic carboxylic acids is 1. The number of hydrogen-bond donors (Lipinski definition) is 1. The van der Waals surface area contributed by atoms with Crippen molar-refractivity contribution >= 4 is 29.8 Å². The molecular weight excluding hydrogens is 400 g/mol. The molecular formula is C24H31ClN2O3. The maximum Gasteiger partial charge on any atom is 0.303 e. The van der Waals surface area contributed by atoms with Crippen LogP contribution in [-0.4, -0.2) is 54.5 Å². The smallest absolute Gasteiger partial charge is 0.303 e.